The number of amides is 3. The molecule has 2 saturated heterocycles. The lowest BCUT2D eigenvalue weighted by Gasteiger charge is -2.34. The number of urea groups is 1. The first kappa shape index (κ1) is 16.9. The topological polar surface area (TPSA) is 78.7 Å². The van der Waals surface area contributed by atoms with Crippen molar-refractivity contribution in [3.63, 3.8) is 0 Å². The molecule has 2 heterocycles. The van der Waals surface area contributed by atoms with Crippen molar-refractivity contribution in [2.75, 3.05) is 39.3 Å². The van der Waals surface area contributed by atoms with Gasteiger partial charge in [-0.15, -0.1) is 0 Å². The Bertz CT molecular complexity index is 414. The molecule has 1 unspecified atom stereocenters. The van der Waals surface area contributed by atoms with Crippen LogP contribution in [0.2, 0.25) is 0 Å². The van der Waals surface area contributed by atoms with E-state index in [1.54, 1.807) is 9.80 Å². The highest BCUT2D eigenvalue weighted by atomic mass is 19.3. The third-order valence-electron chi connectivity index (χ3n) is 4.26. The van der Waals surface area contributed by atoms with Crippen LogP contribution in [0.4, 0.5) is 13.6 Å². The fourth-order valence-electron chi connectivity index (χ4n) is 2.91. The molecule has 2 fully saturated rings. The second kappa shape index (κ2) is 7.21. The summed E-state index contributed by atoms with van der Waals surface area (Å²) in [5.74, 6) is -3.93. The second-order valence-corrected chi connectivity index (χ2v) is 6.04. The lowest BCUT2D eigenvalue weighted by Crippen LogP contribution is -2.51. The first-order chi connectivity index (χ1) is 10.4. The molecular weight excluding hydrogens is 294 g/mol. The van der Waals surface area contributed by atoms with E-state index in [-0.39, 0.29) is 6.03 Å². The Morgan fingerprint density at radius 2 is 1.77 bits per heavy atom. The molecule has 8 heteroatoms. The van der Waals surface area contributed by atoms with Gasteiger partial charge in [0, 0.05) is 26.2 Å². The highest BCUT2D eigenvalue weighted by Gasteiger charge is 2.33. The van der Waals surface area contributed by atoms with E-state index in [1.165, 1.54) is 0 Å². The third kappa shape index (κ3) is 4.28. The van der Waals surface area contributed by atoms with Gasteiger partial charge >= 0.3 is 6.03 Å². The largest absolute Gasteiger partial charge is 0.350 e. The number of alkyl halides is 2. The molecule has 126 valence electrons. The highest BCUT2D eigenvalue weighted by molar-refractivity contribution is 5.81. The molecule has 3 amide bonds. The number of nitrogens with one attached hydrogen (secondary N) is 1. The molecule has 6 nitrogen and oxygen atoms in total. The van der Waals surface area contributed by atoms with Crippen molar-refractivity contribution in [1.82, 2.24) is 15.1 Å². The maximum Gasteiger partial charge on any atom is 0.320 e. The maximum absolute atomic E-state index is 13.1. The lowest BCUT2D eigenvalue weighted by molar-refractivity contribution is -0.128. The second-order valence-electron chi connectivity index (χ2n) is 6.04. The summed E-state index contributed by atoms with van der Waals surface area (Å²) in [4.78, 5) is 27.8. The molecule has 0 bridgehead atoms. The number of nitrogens with two attached hydrogens (primary N) is 1. The number of halogens is 2. The van der Waals surface area contributed by atoms with E-state index in [2.05, 4.69) is 5.32 Å². The molecule has 3 N–H and O–H groups in total. The number of piperidine rings is 1. The van der Waals surface area contributed by atoms with Crippen LogP contribution < -0.4 is 11.1 Å². The molecule has 0 aliphatic carbocycles. The normalized spacial score (nSPS) is 22.8. The minimum absolute atomic E-state index is 0.0395. The Kier molecular flexibility index (Phi) is 5.55. The highest BCUT2D eigenvalue weighted by Crippen LogP contribution is 2.20. The third-order valence-corrected chi connectivity index (χ3v) is 4.26. The van der Waals surface area contributed by atoms with Crippen molar-refractivity contribution in [2.24, 2.45) is 11.7 Å². The number of carbonyl (C=O) groups excluding carboxylic acids is 2. The predicted molar refractivity (Wildman–Crippen MR) is 77.5 cm³/mol. The molecule has 2 rings (SSSR count). The predicted octanol–water partition coefficient (Wildman–Crippen LogP) is 0.624. The summed E-state index contributed by atoms with van der Waals surface area (Å²) in [5.41, 5.74) is 4.94. The molecule has 0 aromatic heterocycles. The van der Waals surface area contributed by atoms with Crippen LogP contribution in [0.15, 0.2) is 0 Å². The fraction of sp³-hybridized carbons (Fsp3) is 0.857. The Morgan fingerprint density at radius 1 is 1.14 bits per heavy atom. The molecule has 0 radical (unpaired) electrons. The van der Waals surface area contributed by atoms with E-state index in [9.17, 15) is 18.4 Å². The van der Waals surface area contributed by atoms with Gasteiger partial charge in [-0.1, -0.05) is 0 Å². The Balaban J connectivity index is 1.84. The average molecular weight is 318 g/mol. The van der Waals surface area contributed by atoms with Crippen molar-refractivity contribution in [3.05, 3.63) is 0 Å². The quantitative estimate of drug-likeness (QED) is 0.798. The number of likely N-dealkylation sites (tertiary alicyclic amines) is 2. The summed E-state index contributed by atoms with van der Waals surface area (Å²) < 4.78 is 26.2. The molecule has 0 aromatic rings. The Labute approximate surface area is 129 Å². The van der Waals surface area contributed by atoms with E-state index in [0.29, 0.717) is 25.9 Å². The van der Waals surface area contributed by atoms with E-state index in [4.69, 9.17) is 5.73 Å². The minimum Gasteiger partial charge on any atom is -0.350 e. The van der Waals surface area contributed by atoms with Crippen LogP contribution >= 0.6 is 0 Å². The standard InChI is InChI=1S/C14H24F2N4O2/c15-14(16,9-17)10-18-12(21)11-4-3-7-20(8-11)13(22)19-5-1-2-6-19/h11H,1-10,17H2,(H,18,21). The SMILES string of the molecule is NCC(F)(F)CNC(=O)C1CCCN(C(=O)N2CCCC2)C1. The van der Waals surface area contributed by atoms with Crippen LogP contribution in [0.25, 0.3) is 0 Å². The van der Waals surface area contributed by atoms with Gasteiger partial charge in [-0.25, -0.2) is 13.6 Å². The summed E-state index contributed by atoms with van der Waals surface area (Å²) in [6.45, 7) is 0.897. The van der Waals surface area contributed by atoms with Crippen LogP contribution in [0.5, 0.6) is 0 Å². The van der Waals surface area contributed by atoms with Gasteiger partial charge in [0.15, 0.2) is 0 Å². The monoisotopic (exact) mass is 318 g/mol. The maximum atomic E-state index is 13.1. The molecular formula is C14H24F2N4O2. The molecule has 0 saturated carbocycles. The first-order valence-corrected chi connectivity index (χ1v) is 7.82. The number of rotatable bonds is 4. The van der Waals surface area contributed by atoms with Gasteiger partial charge in [-0.05, 0) is 25.7 Å². The van der Waals surface area contributed by atoms with Crippen LogP contribution in [0, 0.1) is 5.92 Å². The van der Waals surface area contributed by atoms with Crippen molar-refractivity contribution in [3.8, 4) is 0 Å². The van der Waals surface area contributed by atoms with Gasteiger partial charge in [0.25, 0.3) is 5.92 Å². The van der Waals surface area contributed by atoms with Crippen LogP contribution in [0.3, 0.4) is 0 Å². The van der Waals surface area contributed by atoms with E-state index < -0.39 is 30.8 Å². The molecule has 1 atom stereocenters. The zero-order chi connectivity index (χ0) is 16.2. The first-order valence-electron chi connectivity index (χ1n) is 7.82. The molecule has 22 heavy (non-hydrogen) atoms. The van der Waals surface area contributed by atoms with Gasteiger partial charge in [0.1, 0.15) is 0 Å². The average Bonchev–Trinajstić information content (AvgIpc) is 3.06. The Hall–Kier alpha value is -1.44. The summed E-state index contributed by atoms with van der Waals surface area (Å²) in [6, 6.07) is -0.0395. The number of carbonyl (C=O) groups is 2. The molecule has 0 spiro atoms. The zero-order valence-electron chi connectivity index (χ0n) is 12.7. The van der Waals surface area contributed by atoms with Crippen molar-refractivity contribution in [2.45, 2.75) is 31.6 Å². The fourth-order valence-corrected chi connectivity index (χ4v) is 2.91. The smallest absolute Gasteiger partial charge is 0.320 e. The van der Waals surface area contributed by atoms with E-state index in [1.807, 2.05) is 0 Å². The summed E-state index contributed by atoms with van der Waals surface area (Å²) >= 11 is 0. The summed E-state index contributed by atoms with van der Waals surface area (Å²) in [5, 5.41) is 2.25. The summed E-state index contributed by atoms with van der Waals surface area (Å²) in [6.07, 6.45) is 3.35. The Morgan fingerprint density at radius 3 is 2.41 bits per heavy atom. The van der Waals surface area contributed by atoms with Gasteiger partial charge in [0.2, 0.25) is 5.91 Å². The number of hydrogen-bond acceptors (Lipinski definition) is 3. The summed E-state index contributed by atoms with van der Waals surface area (Å²) in [7, 11) is 0. The van der Waals surface area contributed by atoms with Crippen LogP contribution in [0.1, 0.15) is 25.7 Å². The van der Waals surface area contributed by atoms with Crippen molar-refractivity contribution < 1.29 is 18.4 Å². The van der Waals surface area contributed by atoms with Gasteiger partial charge in [-0.2, -0.15) is 0 Å². The number of hydrogen-bond donors (Lipinski definition) is 2. The van der Waals surface area contributed by atoms with Gasteiger partial charge in [-0.3, -0.25) is 4.79 Å². The van der Waals surface area contributed by atoms with E-state index in [0.717, 1.165) is 25.9 Å². The molecule has 2 aliphatic heterocycles. The zero-order valence-corrected chi connectivity index (χ0v) is 12.7. The van der Waals surface area contributed by atoms with Crippen LogP contribution in [-0.4, -0.2) is 66.9 Å². The number of nitrogens with zero attached hydrogens (tertiary/aromatic N) is 2. The lowest BCUT2D eigenvalue weighted by atomic mass is 9.97. The van der Waals surface area contributed by atoms with Crippen molar-refractivity contribution in [1.29, 1.82) is 0 Å². The van der Waals surface area contributed by atoms with Gasteiger partial charge < -0.3 is 20.9 Å². The molecule has 0 aromatic carbocycles. The molecule has 2 aliphatic rings. The van der Waals surface area contributed by atoms with Crippen molar-refractivity contribution >= 4 is 11.9 Å². The van der Waals surface area contributed by atoms with Crippen LogP contribution in [-0.2, 0) is 4.79 Å². The van der Waals surface area contributed by atoms with E-state index >= 15 is 0 Å². The van der Waals surface area contributed by atoms with Gasteiger partial charge in [0.05, 0.1) is 19.0 Å². The minimum atomic E-state index is -3.09.